The van der Waals surface area contributed by atoms with E-state index in [1.54, 1.807) is 0 Å². The average molecular weight is 260 g/mol. The van der Waals surface area contributed by atoms with Crippen LogP contribution in [0.4, 0.5) is 13.2 Å². The van der Waals surface area contributed by atoms with Gasteiger partial charge in [0.25, 0.3) is 5.78 Å². The maximum atomic E-state index is 12.1. The molecular formula is C12H11F3O3. The lowest BCUT2D eigenvalue weighted by Gasteiger charge is -2.06. The Hall–Kier alpha value is -1.85. The van der Waals surface area contributed by atoms with Gasteiger partial charge in [0, 0.05) is 12.0 Å². The monoisotopic (exact) mass is 260 g/mol. The molecule has 98 valence electrons. The molecule has 0 heterocycles. The second kappa shape index (κ2) is 5.66. The first-order valence-corrected chi connectivity index (χ1v) is 5.23. The zero-order chi connectivity index (χ0) is 13.8. The third kappa shape index (κ3) is 4.20. The highest BCUT2D eigenvalue weighted by atomic mass is 19.4. The number of alkyl halides is 3. The predicted octanol–water partition coefficient (Wildman–Crippen LogP) is 2.84. The summed E-state index contributed by atoms with van der Waals surface area (Å²) in [7, 11) is 0. The summed E-state index contributed by atoms with van der Waals surface area (Å²) in [6, 6.07) is 5.01. The van der Waals surface area contributed by atoms with Gasteiger partial charge in [-0.1, -0.05) is 24.3 Å². The first kappa shape index (κ1) is 14.2. The Kier molecular flexibility index (Phi) is 4.47. The summed E-state index contributed by atoms with van der Waals surface area (Å²) in [5, 5.41) is 8.43. The molecule has 0 aromatic heterocycles. The number of ketones is 1. The Morgan fingerprint density at radius 3 is 2.11 bits per heavy atom. The van der Waals surface area contributed by atoms with Crippen LogP contribution in [0.3, 0.4) is 0 Å². The minimum absolute atomic E-state index is 0.00321. The molecule has 0 atom stereocenters. The summed E-state index contributed by atoms with van der Waals surface area (Å²) in [4.78, 5) is 21.2. The van der Waals surface area contributed by atoms with E-state index in [1.807, 2.05) is 0 Å². The Balaban J connectivity index is 2.63. The van der Waals surface area contributed by atoms with Gasteiger partial charge < -0.3 is 5.11 Å². The largest absolute Gasteiger partial charge is 0.481 e. The first-order valence-electron chi connectivity index (χ1n) is 5.23. The van der Waals surface area contributed by atoms with Crippen LogP contribution in [0.5, 0.6) is 0 Å². The van der Waals surface area contributed by atoms with E-state index >= 15 is 0 Å². The summed E-state index contributed by atoms with van der Waals surface area (Å²) >= 11 is 0. The first-order chi connectivity index (χ1) is 8.30. The lowest BCUT2D eigenvalue weighted by molar-refractivity contribution is -0.137. The van der Waals surface area contributed by atoms with E-state index in [1.165, 1.54) is 12.1 Å². The SMILES string of the molecule is O=C(O)CCCc1ccc(C(=O)C(F)(F)F)cc1. The van der Waals surface area contributed by atoms with Crippen molar-refractivity contribution < 1.29 is 27.9 Å². The van der Waals surface area contributed by atoms with Gasteiger partial charge in [0.15, 0.2) is 0 Å². The van der Waals surface area contributed by atoms with Crippen LogP contribution in [0, 0.1) is 0 Å². The number of benzene rings is 1. The highest BCUT2D eigenvalue weighted by Crippen LogP contribution is 2.21. The third-order valence-corrected chi connectivity index (χ3v) is 2.33. The van der Waals surface area contributed by atoms with E-state index in [0.717, 1.165) is 12.1 Å². The molecule has 0 unspecified atom stereocenters. The molecule has 0 aliphatic heterocycles. The summed E-state index contributed by atoms with van der Waals surface area (Å²) in [5.41, 5.74) is 0.291. The van der Waals surface area contributed by atoms with Crippen LogP contribution in [0.1, 0.15) is 28.8 Å². The highest BCUT2D eigenvalue weighted by molar-refractivity contribution is 6.00. The minimum Gasteiger partial charge on any atom is -0.481 e. The number of Topliss-reactive ketones (excluding diaryl/α,β-unsaturated/α-hetero) is 1. The Bertz CT molecular complexity index is 435. The molecule has 0 spiro atoms. The van der Waals surface area contributed by atoms with Crippen LogP contribution < -0.4 is 0 Å². The molecule has 0 amide bonds. The maximum absolute atomic E-state index is 12.1. The van der Waals surface area contributed by atoms with Crippen molar-refractivity contribution >= 4 is 11.8 Å². The molecule has 6 heteroatoms. The van der Waals surface area contributed by atoms with Crippen molar-refractivity contribution in [3.05, 3.63) is 35.4 Å². The molecule has 0 saturated carbocycles. The van der Waals surface area contributed by atoms with E-state index in [-0.39, 0.29) is 6.42 Å². The van der Waals surface area contributed by atoms with Gasteiger partial charge in [0.1, 0.15) is 0 Å². The Morgan fingerprint density at radius 2 is 1.67 bits per heavy atom. The summed E-state index contributed by atoms with van der Waals surface area (Å²) in [5.74, 6) is -2.79. The summed E-state index contributed by atoms with van der Waals surface area (Å²) < 4.78 is 36.3. The van der Waals surface area contributed by atoms with Crippen LogP contribution >= 0.6 is 0 Å². The fraction of sp³-hybridized carbons (Fsp3) is 0.333. The normalized spacial score (nSPS) is 11.3. The van der Waals surface area contributed by atoms with E-state index in [9.17, 15) is 22.8 Å². The van der Waals surface area contributed by atoms with E-state index in [0.29, 0.717) is 18.4 Å². The number of aryl methyl sites for hydroxylation is 1. The number of rotatable bonds is 5. The molecule has 1 rings (SSSR count). The highest BCUT2D eigenvalue weighted by Gasteiger charge is 2.39. The van der Waals surface area contributed by atoms with Gasteiger partial charge >= 0.3 is 12.1 Å². The van der Waals surface area contributed by atoms with E-state index < -0.39 is 23.5 Å². The van der Waals surface area contributed by atoms with E-state index in [4.69, 9.17) is 5.11 Å². The molecule has 0 radical (unpaired) electrons. The topological polar surface area (TPSA) is 54.4 Å². The molecule has 0 aliphatic rings. The number of carbonyl (C=O) groups excluding carboxylic acids is 1. The molecule has 0 saturated heterocycles. The molecule has 0 fully saturated rings. The Morgan fingerprint density at radius 1 is 1.11 bits per heavy atom. The van der Waals surface area contributed by atoms with Crippen LogP contribution in [-0.4, -0.2) is 23.0 Å². The van der Waals surface area contributed by atoms with Crippen molar-refractivity contribution in [1.82, 2.24) is 0 Å². The summed E-state index contributed by atoms with van der Waals surface area (Å²) in [6.07, 6.45) is -4.01. The second-order valence-corrected chi connectivity index (χ2v) is 3.77. The fourth-order valence-electron chi connectivity index (χ4n) is 1.43. The summed E-state index contributed by atoms with van der Waals surface area (Å²) in [6.45, 7) is 0. The van der Waals surface area contributed by atoms with Crippen molar-refractivity contribution in [3.63, 3.8) is 0 Å². The molecule has 1 aromatic rings. The quantitative estimate of drug-likeness (QED) is 0.828. The number of carboxylic acid groups (broad SMARTS) is 1. The zero-order valence-electron chi connectivity index (χ0n) is 9.33. The van der Waals surface area contributed by atoms with Crippen molar-refractivity contribution in [2.45, 2.75) is 25.4 Å². The van der Waals surface area contributed by atoms with Crippen LogP contribution in [0.2, 0.25) is 0 Å². The molecule has 1 aromatic carbocycles. The number of aliphatic carboxylic acids is 1. The number of halogens is 3. The van der Waals surface area contributed by atoms with E-state index in [2.05, 4.69) is 0 Å². The van der Waals surface area contributed by atoms with Crippen molar-refractivity contribution in [2.24, 2.45) is 0 Å². The van der Waals surface area contributed by atoms with Gasteiger partial charge in [-0.3, -0.25) is 9.59 Å². The fourth-order valence-corrected chi connectivity index (χ4v) is 1.43. The molecule has 1 N–H and O–H groups in total. The van der Waals surface area contributed by atoms with Gasteiger partial charge in [0.2, 0.25) is 0 Å². The molecule has 0 bridgehead atoms. The maximum Gasteiger partial charge on any atom is 0.454 e. The van der Waals surface area contributed by atoms with Crippen LogP contribution in [0.15, 0.2) is 24.3 Å². The lowest BCUT2D eigenvalue weighted by Crippen LogP contribution is -2.22. The number of carboxylic acids is 1. The van der Waals surface area contributed by atoms with Crippen LogP contribution in [0.25, 0.3) is 0 Å². The zero-order valence-corrected chi connectivity index (χ0v) is 9.33. The van der Waals surface area contributed by atoms with Gasteiger partial charge in [-0.2, -0.15) is 13.2 Å². The number of hydrogen-bond donors (Lipinski definition) is 1. The van der Waals surface area contributed by atoms with Crippen molar-refractivity contribution in [1.29, 1.82) is 0 Å². The minimum atomic E-state index is -4.87. The predicted molar refractivity (Wildman–Crippen MR) is 57.4 cm³/mol. The van der Waals surface area contributed by atoms with Crippen molar-refractivity contribution in [3.8, 4) is 0 Å². The van der Waals surface area contributed by atoms with Crippen LogP contribution in [-0.2, 0) is 11.2 Å². The number of hydrogen-bond acceptors (Lipinski definition) is 2. The lowest BCUT2D eigenvalue weighted by atomic mass is 10.0. The number of carbonyl (C=O) groups is 2. The van der Waals surface area contributed by atoms with Gasteiger partial charge in [-0.15, -0.1) is 0 Å². The standard InChI is InChI=1S/C12H11F3O3/c13-12(14,15)11(18)9-6-4-8(5-7-9)2-1-3-10(16)17/h4-7H,1-3H2,(H,16,17). The molecule has 18 heavy (non-hydrogen) atoms. The average Bonchev–Trinajstić information content (AvgIpc) is 2.27. The van der Waals surface area contributed by atoms with Gasteiger partial charge in [0.05, 0.1) is 0 Å². The Labute approximate surface area is 101 Å². The molecule has 0 aliphatic carbocycles. The van der Waals surface area contributed by atoms with Crippen molar-refractivity contribution in [2.75, 3.05) is 0 Å². The van der Waals surface area contributed by atoms with Gasteiger partial charge in [-0.25, -0.2) is 0 Å². The smallest absolute Gasteiger partial charge is 0.454 e. The third-order valence-electron chi connectivity index (χ3n) is 2.33. The second-order valence-electron chi connectivity index (χ2n) is 3.77. The molecule has 3 nitrogen and oxygen atoms in total. The van der Waals surface area contributed by atoms with Gasteiger partial charge in [-0.05, 0) is 18.4 Å². The molecular weight excluding hydrogens is 249 g/mol.